The van der Waals surface area contributed by atoms with Gasteiger partial charge in [0.2, 0.25) is 0 Å². The molecule has 11 heavy (non-hydrogen) atoms. The van der Waals surface area contributed by atoms with E-state index >= 15 is 0 Å². The average Bonchev–Trinajstić information content (AvgIpc) is 2.00. The van der Waals surface area contributed by atoms with Gasteiger partial charge < -0.3 is 0 Å². The summed E-state index contributed by atoms with van der Waals surface area (Å²) in [7, 11) is 0. The Morgan fingerprint density at radius 3 is 2.36 bits per heavy atom. The number of alkyl halides is 1. The third kappa shape index (κ3) is 6.33. The summed E-state index contributed by atoms with van der Waals surface area (Å²) in [6.45, 7) is 6.35. The number of hydrogen-bond acceptors (Lipinski definition) is 0. The van der Waals surface area contributed by atoms with Gasteiger partial charge in [0.05, 0.1) is 0 Å². The van der Waals surface area contributed by atoms with Gasteiger partial charge in [-0.15, -0.1) is 0 Å². The van der Waals surface area contributed by atoms with Crippen LogP contribution in [0.4, 0.5) is 4.39 Å². The van der Waals surface area contributed by atoms with Gasteiger partial charge >= 0.3 is 0 Å². The Balaban J connectivity index is 3.27. The second-order valence-electron chi connectivity index (χ2n) is 3.49. The Bertz CT molecular complexity index is 80.9. The first-order chi connectivity index (χ1) is 5.20. The lowest BCUT2D eigenvalue weighted by molar-refractivity contribution is 0.253. The summed E-state index contributed by atoms with van der Waals surface area (Å²) in [6, 6.07) is 0. The molecule has 0 amide bonds. The smallest absolute Gasteiger partial charge is 0.100 e. The van der Waals surface area contributed by atoms with Crippen molar-refractivity contribution in [3.05, 3.63) is 0 Å². The third-order valence-electron chi connectivity index (χ3n) is 2.23. The van der Waals surface area contributed by atoms with Crippen molar-refractivity contribution in [1.29, 1.82) is 0 Å². The van der Waals surface area contributed by atoms with Crippen molar-refractivity contribution in [1.82, 2.24) is 0 Å². The van der Waals surface area contributed by atoms with E-state index in [1.54, 1.807) is 0 Å². The van der Waals surface area contributed by atoms with Crippen LogP contribution in [0.1, 0.15) is 52.9 Å². The molecule has 0 aliphatic carbocycles. The second-order valence-corrected chi connectivity index (χ2v) is 3.49. The fourth-order valence-corrected chi connectivity index (χ4v) is 1.15. The van der Waals surface area contributed by atoms with Crippen LogP contribution in [-0.2, 0) is 0 Å². The zero-order chi connectivity index (χ0) is 8.69. The zero-order valence-corrected chi connectivity index (χ0v) is 8.07. The van der Waals surface area contributed by atoms with Gasteiger partial charge in [0.15, 0.2) is 0 Å². The van der Waals surface area contributed by atoms with Gasteiger partial charge in [0, 0.05) is 0 Å². The minimum atomic E-state index is -0.551. The van der Waals surface area contributed by atoms with E-state index < -0.39 is 6.17 Å². The van der Waals surface area contributed by atoms with Crippen molar-refractivity contribution in [2.45, 2.75) is 59.0 Å². The molecule has 1 heteroatoms. The van der Waals surface area contributed by atoms with Gasteiger partial charge in [-0.1, -0.05) is 40.0 Å². The summed E-state index contributed by atoms with van der Waals surface area (Å²) in [4.78, 5) is 0. The molecule has 0 aromatic heterocycles. The molecule has 0 aromatic rings. The number of hydrogen-bond donors (Lipinski definition) is 0. The summed E-state index contributed by atoms with van der Waals surface area (Å²) in [5.74, 6) is 0.557. The Labute approximate surface area is 70.2 Å². The number of unbranched alkanes of at least 4 members (excludes halogenated alkanes) is 1. The summed E-state index contributed by atoms with van der Waals surface area (Å²) < 4.78 is 13.0. The molecule has 0 heterocycles. The van der Waals surface area contributed by atoms with Crippen LogP contribution in [0.15, 0.2) is 0 Å². The van der Waals surface area contributed by atoms with Crippen molar-refractivity contribution in [3.63, 3.8) is 0 Å². The molecule has 0 rings (SSSR count). The SMILES string of the molecule is CCCCC(F)CC(C)CC. The summed E-state index contributed by atoms with van der Waals surface area (Å²) in [6.07, 6.45) is 4.23. The molecule has 2 unspecified atom stereocenters. The Hall–Kier alpha value is -0.0700. The summed E-state index contributed by atoms with van der Waals surface area (Å²) >= 11 is 0. The maximum Gasteiger partial charge on any atom is 0.100 e. The lowest BCUT2D eigenvalue weighted by Crippen LogP contribution is -2.05. The van der Waals surface area contributed by atoms with Crippen LogP contribution in [-0.4, -0.2) is 6.17 Å². The normalized spacial score (nSPS) is 16.4. The van der Waals surface area contributed by atoms with E-state index in [0.29, 0.717) is 5.92 Å². The fraction of sp³-hybridized carbons (Fsp3) is 1.00. The highest BCUT2D eigenvalue weighted by atomic mass is 19.1. The highest BCUT2D eigenvalue weighted by Crippen LogP contribution is 2.16. The van der Waals surface area contributed by atoms with Crippen molar-refractivity contribution in [3.8, 4) is 0 Å². The van der Waals surface area contributed by atoms with E-state index in [1.165, 1.54) is 0 Å². The Morgan fingerprint density at radius 2 is 1.91 bits per heavy atom. The zero-order valence-electron chi connectivity index (χ0n) is 8.07. The lowest BCUT2D eigenvalue weighted by atomic mass is 9.99. The van der Waals surface area contributed by atoms with Crippen LogP contribution in [0.3, 0.4) is 0 Å². The Kier molecular flexibility index (Phi) is 6.59. The molecule has 0 aromatic carbocycles. The van der Waals surface area contributed by atoms with E-state index in [9.17, 15) is 4.39 Å². The largest absolute Gasteiger partial charge is 0.247 e. The molecule has 0 spiro atoms. The lowest BCUT2D eigenvalue weighted by Gasteiger charge is -2.11. The van der Waals surface area contributed by atoms with Gasteiger partial charge in [-0.3, -0.25) is 0 Å². The first-order valence-electron chi connectivity index (χ1n) is 4.84. The molecule has 0 aliphatic heterocycles. The summed E-state index contributed by atoms with van der Waals surface area (Å²) in [5.41, 5.74) is 0. The van der Waals surface area contributed by atoms with Crippen LogP contribution in [0.2, 0.25) is 0 Å². The first-order valence-corrected chi connectivity index (χ1v) is 4.84. The van der Waals surface area contributed by atoms with Gasteiger partial charge in [-0.25, -0.2) is 4.39 Å². The fourth-order valence-electron chi connectivity index (χ4n) is 1.15. The molecule has 0 nitrogen and oxygen atoms in total. The monoisotopic (exact) mass is 160 g/mol. The van der Waals surface area contributed by atoms with Crippen molar-refractivity contribution in [2.24, 2.45) is 5.92 Å². The van der Waals surface area contributed by atoms with E-state index in [4.69, 9.17) is 0 Å². The highest BCUT2D eigenvalue weighted by molar-refractivity contribution is 4.60. The van der Waals surface area contributed by atoms with Crippen LogP contribution < -0.4 is 0 Å². The molecule has 0 aliphatic rings. The quantitative estimate of drug-likeness (QED) is 0.552. The van der Waals surface area contributed by atoms with Crippen molar-refractivity contribution >= 4 is 0 Å². The second kappa shape index (κ2) is 6.63. The van der Waals surface area contributed by atoms with Crippen molar-refractivity contribution in [2.75, 3.05) is 0 Å². The summed E-state index contributed by atoms with van der Waals surface area (Å²) in [5, 5.41) is 0. The molecule has 0 saturated carbocycles. The average molecular weight is 160 g/mol. The molecule has 2 atom stereocenters. The van der Waals surface area contributed by atoms with E-state index in [-0.39, 0.29) is 0 Å². The van der Waals surface area contributed by atoms with Gasteiger partial charge in [-0.2, -0.15) is 0 Å². The Morgan fingerprint density at radius 1 is 1.27 bits per heavy atom. The minimum Gasteiger partial charge on any atom is -0.247 e. The molecule has 0 bridgehead atoms. The molecule has 0 radical (unpaired) electrons. The van der Waals surface area contributed by atoms with E-state index in [1.807, 2.05) is 0 Å². The topological polar surface area (TPSA) is 0 Å². The molecular weight excluding hydrogens is 139 g/mol. The molecule has 0 saturated heterocycles. The van der Waals surface area contributed by atoms with Crippen molar-refractivity contribution < 1.29 is 4.39 Å². The minimum absolute atomic E-state index is 0.551. The number of rotatable bonds is 6. The standard InChI is InChI=1S/C10H21F/c1-4-6-7-10(11)8-9(3)5-2/h9-10H,4-8H2,1-3H3. The van der Waals surface area contributed by atoms with E-state index in [0.717, 1.165) is 32.1 Å². The first kappa shape index (κ1) is 10.9. The molecule has 68 valence electrons. The highest BCUT2D eigenvalue weighted by Gasteiger charge is 2.09. The van der Waals surface area contributed by atoms with Crippen LogP contribution in [0.25, 0.3) is 0 Å². The maximum atomic E-state index is 13.0. The molecule has 0 fully saturated rings. The van der Waals surface area contributed by atoms with Gasteiger partial charge in [0.1, 0.15) is 6.17 Å². The van der Waals surface area contributed by atoms with E-state index in [2.05, 4.69) is 20.8 Å². The third-order valence-corrected chi connectivity index (χ3v) is 2.23. The predicted molar refractivity (Wildman–Crippen MR) is 48.5 cm³/mol. The van der Waals surface area contributed by atoms with Gasteiger partial charge in [-0.05, 0) is 18.8 Å². The molecule has 0 N–H and O–H groups in total. The van der Waals surface area contributed by atoms with Crippen LogP contribution in [0, 0.1) is 5.92 Å². The van der Waals surface area contributed by atoms with Crippen LogP contribution in [0.5, 0.6) is 0 Å². The van der Waals surface area contributed by atoms with Gasteiger partial charge in [0.25, 0.3) is 0 Å². The van der Waals surface area contributed by atoms with Crippen LogP contribution >= 0.6 is 0 Å². The maximum absolute atomic E-state index is 13.0. The number of halogens is 1. The molecular formula is C10H21F. The predicted octanol–water partition coefficient (Wildman–Crippen LogP) is 3.95.